The van der Waals surface area contributed by atoms with Crippen molar-refractivity contribution < 1.29 is 14.3 Å². The zero-order valence-electron chi connectivity index (χ0n) is 12.8. The SMILES string of the molecule is CNC(=O)CC1CCN(C(=O)c2c(C)cccc2OC)C1. The standard InChI is InChI=1S/C16H22N2O3/c1-11-5-4-6-13(21-3)15(11)16(20)18-8-7-12(10-18)9-14(19)17-2/h4-6,12H,7-10H2,1-3H3,(H,17,19). The summed E-state index contributed by atoms with van der Waals surface area (Å²) in [6.45, 7) is 3.23. The van der Waals surface area contributed by atoms with Crippen molar-refractivity contribution in [2.75, 3.05) is 27.2 Å². The number of hydrogen-bond acceptors (Lipinski definition) is 3. The minimum atomic E-state index is -0.00985. The molecule has 2 rings (SSSR count). The van der Waals surface area contributed by atoms with Gasteiger partial charge in [-0.2, -0.15) is 0 Å². The maximum atomic E-state index is 12.7. The zero-order chi connectivity index (χ0) is 15.4. The number of hydrogen-bond donors (Lipinski definition) is 1. The molecule has 1 aliphatic rings. The van der Waals surface area contributed by atoms with E-state index in [-0.39, 0.29) is 17.7 Å². The van der Waals surface area contributed by atoms with E-state index in [4.69, 9.17) is 4.74 Å². The van der Waals surface area contributed by atoms with Gasteiger partial charge in [0.05, 0.1) is 12.7 Å². The van der Waals surface area contributed by atoms with Crippen LogP contribution in [0.2, 0.25) is 0 Å². The second-order valence-electron chi connectivity index (χ2n) is 5.44. The molecule has 5 heteroatoms. The Bertz CT molecular complexity index is 542. The van der Waals surface area contributed by atoms with Crippen LogP contribution in [0.5, 0.6) is 5.75 Å². The molecular formula is C16H22N2O3. The first kappa shape index (κ1) is 15.4. The fraction of sp³-hybridized carbons (Fsp3) is 0.500. The Labute approximate surface area is 125 Å². The summed E-state index contributed by atoms with van der Waals surface area (Å²) in [4.78, 5) is 25.9. The molecule has 1 fully saturated rings. The van der Waals surface area contributed by atoms with E-state index in [2.05, 4.69) is 5.32 Å². The molecule has 1 aromatic carbocycles. The van der Waals surface area contributed by atoms with Crippen LogP contribution in [0.4, 0.5) is 0 Å². The molecule has 1 aliphatic heterocycles. The molecule has 114 valence electrons. The Morgan fingerprint density at radius 2 is 2.19 bits per heavy atom. The van der Waals surface area contributed by atoms with Gasteiger partial charge in [-0.1, -0.05) is 12.1 Å². The number of ether oxygens (including phenoxy) is 1. The Balaban J connectivity index is 2.10. The van der Waals surface area contributed by atoms with Crippen molar-refractivity contribution in [2.45, 2.75) is 19.8 Å². The molecule has 1 atom stereocenters. The minimum absolute atomic E-state index is 0.00985. The van der Waals surface area contributed by atoms with Crippen molar-refractivity contribution in [1.29, 1.82) is 0 Å². The topological polar surface area (TPSA) is 58.6 Å². The van der Waals surface area contributed by atoms with Gasteiger partial charge < -0.3 is 15.0 Å². The van der Waals surface area contributed by atoms with Crippen molar-refractivity contribution in [3.8, 4) is 5.75 Å². The third-order valence-electron chi connectivity index (χ3n) is 3.99. The van der Waals surface area contributed by atoms with Crippen LogP contribution in [0.15, 0.2) is 18.2 Å². The summed E-state index contributed by atoms with van der Waals surface area (Å²) >= 11 is 0. The van der Waals surface area contributed by atoms with Gasteiger partial charge in [0.25, 0.3) is 5.91 Å². The summed E-state index contributed by atoms with van der Waals surface area (Å²) in [7, 11) is 3.21. The van der Waals surface area contributed by atoms with E-state index in [0.29, 0.717) is 30.8 Å². The van der Waals surface area contributed by atoms with E-state index in [0.717, 1.165) is 12.0 Å². The molecule has 2 amide bonds. The molecule has 1 saturated heterocycles. The van der Waals surface area contributed by atoms with Crippen LogP contribution in [0.3, 0.4) is 0 Å². The molecule has 1 heterocycles. The Hall–Kier alpha value is -2.04. The normalized spacial score (nSPS) is 17.7. The van der Waals surface area contributed by atoms with Gasteiger partial charge in [-0.15, -0.1) is 0 Å². The lowest BCUT2D eigenvalue weighted by atomic mass is 10.0. The third-order valence-corrected chi connectivity index (χ3v) is 3.99. The number of nitrogens with zero attached hydrogens (tertiary/aromatic N) is 1. The minimum Gasteiger partial charge on any atom is -0.496 e. The van der Waals surface area contributed by atoms with Gasteiger partial charge >= 0.3 is 0 Å². The van der Waals surface area contributed by atoms with Crippen LogP contribution in [0.1, 0.15) is 28.8 Å². The molecule has 21 heavy (non-hydrogen) atoms. The molecule has 0 aromatic heterocycles. The first-order valence-electron chi connectivity index (χ1n) is 7.20. The molecule has 0 radical (unpaired) electrons. The van der Waals surface area contributed by atoms with Gasteiger partial charge in [-0.05, 0) is 30.9 Å². The highest BCUT2D eigenvalue weighted by Crippen LogP contribution is 2.27. The number of nitrogens with one attached hydrogen (secondary N) is 1. The smallest absolute Gasteiger partial charge is 0.257 e. The largest absolute Gasteiger partial charge is 0.496 e. The molecule has 1 unspecified atom stereocenters. The maximum Gasteiger partial charge on any atom is 0.257 e. The number of aryl methyl sites for hydroxylation is 1. The Kier molecular flexibility index (Phi) is 4.83. The summed E-state index contributed by atoms with van der Waals surface area (Å²) in [5, 5.41) is 2.63. The van der Waals surface area contributed by atoms with Crippen LogP contribution < -0.4 is 10.1 Å². The van der Waals surface area contributed by atoms with Gasteiger partial charge in [0.1, 0.15) is 5.75 Å². The van der Waals surface area contributed by atoms with E-state index in [1.54, 1.807) is 20.2 Å². The van der Waals surface area contributed by atoms with Crippen molar-refractivity contribution in [3.63, 3.8) is 0 Å². The van der Waals surface area contributed by atoms with Gasteiger partial charge in [0.2, 0.25) is 5.91 Å². The van der Waals surface area contributed by atoms with Gasteiger partial charge in [-0.25, -0.2) is 0 Å². The monoisotopic (exact) mass is 290 g/mol. The van der Waals surface area contributed by atoms with E-state index < -0.39 is 0 Å². The second-order valence-corrected chi connectivity index (χ2v) is 5.44. The quantitative estimate of drug-likeness (QED) is 0.916. The molecule has 0 aliphatic carbocycles. The highest BCUT2D eigenvalue weighted by molar-refractivity contribution is 5.98. The number of methoxy groups -OCH3 is 1. The van der Waals surface area contributed by atoms with Gasteiger partial charge in [0.15, 0.2) is 0 Å². The molecular weight excluding hydrogens is 268 g/mol. The number of benzene rings is 1. The Morgan fingerprint density at radius 3 is 2.86 bits per heavy atom. The van der Waals surface area contributed by atoms with Crippen molar-refractivity contribution in [2.24, 2.45) is 5.92 Å². The van der Waals surface area contributed by atoms with E-state index in [9.17, 15) is 9.59 Å². The maximum absolute atomic E-state index is 12.7. The second kappa shape index (κ2) is 6.61. The van der Waals surface area contributed by atoms with E-state index >= 15 is 0 Å². The summed E-state index contributed by atoms with van der Waals surface area (Å²) in [6, 6.07) is 5.59. The molecule has 0 bridgehead atoms. The molecule has 5 nitrogen and oxygen atoms in total. The average Bonchev–Trinajstić information content (AvgIpc) is 2.94. The zero-order valence-corrected chi connectivity index (χ0v) is 12.8. The predicted molar refractivity (Wildman–Crippen MR) is 80.4 cm³/mol. The molecule has 1 aromatic rings. The summed E-state index contributed by atoms with van der Waals surface area (Å²) in [6.07, 6.45) is 1.35. The summed E-state index contributed by atoms with van der Waals surface area (Å²) < 4.78 is 5.30. The number of carbonyl (C=O) groups is 2. The van der Waals surface area contributed by atoms with Gasteiger partial charge in [0, 0.05) is 26.6 Å². The third kappa shape index (κ3) is 3.35. The first-order valence-corrected chi connectivity index (χ1v) is 7.20. The lowest BCUT2D eigenvalue weighted by Gasteiger charge is -2.19. The summed E-state index contributed by atoms with van der Waals surface area (Å²) in [5.41, 5.74) is 1.54. The molecule has 0 saturated carbocycles. The van der Waals surface area contributed by atoms with Crippen molar-refractivity contribution in [1.82, 2.24) is 10.2 Å². The van der Waals surface area contributed by atoms with Crippen molar-refractivity contribution in [3.05, 3.63) is 29.3 Å². The Morgan fingerprint density at radius 1 is 1.43 bits per heavy atom. The first-order chi connectivity index (χ1) is 10.1. The molecule has 0 spiro atoms. The lowest BCUT2D eigenvalue weighted by molar-refractivity contribution is -0.121. The van der Waals surface area contributed by atoms with E-state index in [1.807, 2.05) is 24.0 Å². The number of amides is 2. The fourth-order valence-corrected chi connectivity index (χ4v) is 2.79. The van der Waals surface area contributed by atoms with Crippen molar-refractivity contribution >= 4 is 11.8 Å². The molecule has 1 N–H and O–H groups in total. The van der Waals surface area contributed by atoms with Crippen LogP contribution in [-0.4, -0.2) is 44.0 Å². The fourth-order valence-electron chi connectivity index (χ4n) is 2.79. The lowest BCUT2D eigenvalue weighted by Crippen LogP contribution is -2.30. The van der Waals surface area contributed by atoms with Crippen LogP contribution in [0.25, 0.3) is 0 Å². The van der Waals surface area contributed by atoms with Gasteiger partial charge in [-0.3, -0.25) is 9.59 Å². The predicted octanol–water partition coefficient (Wildman–Crippen LogP) is 1.60. The van der Waals surface area contributed by atoms with E-state index in [1.165, 1.54) is 0 Å². The number of rotatable bonds is 4. The summed E-state index contributed by atoms with van der Waals surface area (Å²) in [5.74, 6) is 0.866. The average molecular weight is 290 g/mol. The van der Waals surface area contributed by atoms with Crippen LogP contribution >= 0.6 is 0 Å². The highest BCUT2D eigenvalue weighted by Gasteiger charge is 2.30. The number of likely N-dealkylation sites (tertiary alicyclic amines) is 1. The number of carbonyl (C=O) groups excluding carboxylic acids is 2. The van der Waals surface area contributed by atoms with Crippen LogP contribution in [0, 0.1) is 12.8 Å². The highest BCUT2D eigenvalue weighted by atomic mass is 16.5. The van der Waals surface area contributed by atoms with Crippen LogP contribution in [-0.2, 0) is 4.79 Å².